The molecule has 9 heteroatoms. The number of benzene rings is 2. The Morgan fingerprint density at radius 3 is 2.34 bits per heavy atom. The molecule has 1 heterocycles. The number of carboxylic acid groups (broad SMARTS) is 1. The number of rotatable bonds is 11. The highest BCUT2D eigenvalue weighted by atomic mass is 16.5. The van der Waals surface area contributed by atoms with Crippen molar-refractivity contribution in [3.05, 3.63) is 65.2 Å². The van der Waals surface area contributed by atoms with Crippen molar-refractivity contribution in [2.75, 3.05) is 20.2 Å². The van der Waals surface area contributed by atoms with Crippen LogP contribution in [0.5, 0.6) is 5.75 Å². The van der Waals surface area contributed by atoms with Crippen molar-refractivity contribution in [1.29, 1.82) is 0 Å². The molecule has 1 aliphatic heterocycles. The normalized spacial score (nSPS) is 13.5. The zero-order valence-corrected chi connectivity index (χ0v) is 20.2. The average Bonchev–Trinajstić information content (AvgIpc) is 3.08. The van der Waals surface area contributed by atoms with E-state index in [-0.39, 0.29) is 43.1 Å². The SMILES string of the molecule is COc1ccc2c(c1)C(=O)N(CCC(C(=O)O)N(CCC(C)C)C(=O)NCc1ccccc1)C2=O. The number of amides is 4. The van der Waals surface area contributed by atoms with Gasteiger partial charge in [-0.25, -0.2) is 9.59 Å². The third-order valence-electron chi connectivity index (χ3n) is 5.96. The molecule has 4 amide bonds. The van der Waals surface area contributed by atoms with Gasteiger partial charge in [0.2, 0.25) is 0 Å². The van der Waals surface area contributed by atoms with E-state index in [2.05, 4.69) is 5.32 Å². The van der Waals surface area contributed by atoms with Crippen LogP contribution in [0, 0.1) is 5.92 Å². The smallest absolute Gasteiger partial charge is 0.326 e. The molecule has 0 saturated carbocycles. The van der Waals surface area contributed by atoms with Crippen molar-refractivity contribution in [3.8, 4) is 5.75 Å². The second-order valence-electron chi connectivity index (χ2n) is 8.84. The van der Waals surface area contributed by atoms with Crippen LogP contribution in [0.3, 0.4) is 0 Å². The molecule has 0 spiro atoms. The summed E-state index contributed by atoms with van der Waals surface area (Å²) in [6, 6.07) is 12.2. The third-order valence-corrected chi connectivity index (χ3v) is 5.96. The van der Waals surface area contributed by atoms with Crippen LogP contribution in [0.2, 0.25) is 0 Å². The van der Waals surface area contributed by atoms with Gasteiger partial charge in [-0.05, 0) is 42.5 Å². The number of carbonyl (C=O) groups excluding carboxylic acids is 3. The van der Waals surface area contributed by atoms with Crippen molar-refractivity contribution in [2.45, 2.75) is 39.3 Å². The molecule has 0 radical (unpaired) electrons. The molecule has 0 bridgehead atoms. The van der Waals surface area contributed by atoms with Gasteiger partial charge in [0.25, 0.3) is 11.8 Å². The van der Waals surface area contributed by atoms with Gasteiger partial charge in [0.15, 0.2) is 0 Å². The molecule has 35 heavy (non-hydrogen) atoms. The molecule has 1 unspecified atom stereocenters. The Balaban J connectivity index is 1.73. The summed E-state index contributed by atoms with van der Waals surface area (Å²) >= 11 is 0. The summed E-state index contributed by atoms with van der Waals surface area (Å²) in [7, 11) is 1.47. The lowest BCUT2D eigenvalue weighted by molar-refractivity contribution is -0.142. The molecule has 186 valence electrons. The molecular weight excluding hydrogens is 450 g/mol. The Labute approximate surface area is 204 Å². The van der Waals surface area contributed by atoms with Crippen LogP contribution < -0.4 is 10.1 Å². The number of aliphatic carboxylic acids is 1. The second kappa shape index (κ2) is 11.5. The van der Waals surface area contributed by atoms with E-state index in [9.17, 15) is 24.3 Å². The number of imide groups is 1. The Morgan fingerprint density at radius 1 is 1.03 bits per heavy atom. The van der Waals surface area contributed by atoms with Crippen LogP contribution in [0.25, 0.3) is 0 Å². The van der Waals surface area contributed by atoms with Gasteiger partial charge in [-0.3, -0.25) is 14.5 Å². The molecule has 0 fully saturated rings. The van der Waals surface area contributed by atoms with E-state index in [1.807, 2.05) is 44.2 Å². The van der Waals surface area contributed by atoms with Gasteiger partial charge in [0.05, 0.1) is 18.2 Å². The van der Waals surface area contributed by atoms with Gasteiger partial charge in [-0.1, -0.05) is 44.2 Å². The van der Waals surface area contributed by atoms with Gasteiger partial charge in [0, 0.05) is 19.6 Å². The summed E-state index contributed by atoms with van der Waals surface area (Å²) in [5.74, 6) is -1.48. The van der Waals surface area contributed by atoms with Crippen LogP contribution >= 0.6 is 0 Å². The summed E-state index contributed by atoms with van der Waals surface area (Å²) in [5, 5.41) is 12.8. The Kier molecular flexibility index (Phi) is 8.46. The first kappa shape index (κ1) is 25.7. The number of hydrogen-bond donors (Lipinski definition) is 2. The number of fused-ring (bicyclic) bond motifs is 1. The zero-order valence-electron chi connectivity index (χ0n) is 20.2. The monoisotopic (exact) mass is 481 g/mol. The fraction of sp³-hybridized carbons (Fsp3) is 0.385. The van der Waals surface area contributed by atoms with E-state index in [4.69, 9.17) is 4.74 Å². The maximum atomic E-state index is 13.0. The predicted molar refractivity (Wildman–Crippen MR) is 129 cm³/mol. The van der Waals surface area contributed by atoms with Crippen molar-refractivity contribution >= 4 is 23.8 Å². The Morgan fingerprint density at radius 2 is 1.71 bits per heavy atom. The van der Waals surface area contributed by atoms with Gasteiger partial charge in [0.1, 0.15) is 11.8 Å². The molecule has 0 saturated heterocycles. The highest BCUT2D eigenvalue weighted by Gasteiger charge is 2.38. The maximum absolute atomic E-state index is 13.0. The van der Waals surface area contributed by atoms with E-state index in [1.54, 1.807) is 6.07 Å². The lowest BCUT2D eigenvalue weighted by Crippen LogP contribution is -2.51. The highest BCUT2D eigenvalue weighted by molar-refractivity contribution is 6.21. The quantitative estimate of drug-likeness (QED) is 0.475. The number of carboxylic acids is 1. The molecule has 2 aromatic carbocycles. The number of hydrogen-bond acceptors (Lipinski definition) is 5. The largest absolute Gasteiger partial charge is 0.497 e. The standard InChI is InChI=1S/C26H31N3O6/c1-17(2)11-13-28(26(34)27-16-18-7-5-4-6-8-18)22(25(32)33)12-14-29-23(30)20-10-9-19(35-3)15-21(20)24(29)31/h4-10,15,17,22H,11-14,16H2,1-3H3,(H,27,34)(H,32,33). The lowest BCUT2D eigenvalue weighted by atomic mass is 10.1. The number of nitrogens with zero attached hydrogens (tertiary/aromatic N) is 2. The summed E-state index contributed by atoms with van der Waals surface area (Å²) in [6.07, 6.45) is 0.518. The minimum absolute atomic E-state index is 0.0885. The number of ether oxygens (including phenoxy) is 1. The van der Waals surface area contributed by atoms with E-state index in [0.29, 0.717) is 12.2 Å². The van der Waals surface area contributed by atoms with Gasteiger partial charge >= 0.3 is 12.0 Å². The summed E-state index contributed by atoms with van der Waals surface area (Å²) in [5.41, 5.74) is 1.36. The lowest BCUT2D eigenvalue weighted by Gasteiger charge is -2.30. The molecular formula is C26H31N3O6. The van der Waals surface area contributed by atoms with E-state index < -0.39 is 29.9 Å². The molecule has 0 aromatic heterocycles. The number of urea groups is 1. The second-order valence-corrected chi connectivity index (χ2v) is 8.84. The number of nitrogens with one attached hydrogen (secondary N) is 1. The third kappa shape index (κ3) is 6.17. The molecule has 2 N–H and O–H groups in total. The van der Waals surface area contributed by atoms with Crippen LogP contribution in [-0.2, 0) is 11.3 Å². The van der Waals surface area contributed by atoms with Crippen molar-refractivity contribution in [3.63, 3.8) is 0 Å². The van der Waals surface area contributed by atoms with Crippen LogP contribution in [0.15, 0.2) is 48.5 Å². The molecule has 3 rings (SSSR count). The summed E-state index contributed by atoms with van der Waals surface area (Å²) in [6.45, 7) is 4.33. The number of methoxy groups -OCH3 is 1. The van der Waals surface area contributed by atoms with Gasteiger partial charge in [-0.15, -0.1) is 0 Å². The van der Waals surface area contributed by atoms with Crippen molar-refractivity contribution in [1.82, 2.24) is 15.1 Å². The minimum atomic E-state index is -1.21. The van der Waals surface area contributed by atoms with Crippen molar-refractivity contribution < 1.29 is 29.0 Å². The average molecular weight is 482 g/mol. The van der Waals surface area contributed by atoms with Crippen molar-refractivity contribution in [2.24, 2.45) is 5.92 Å². The van der Waals surface area contributed by atoms with Gasteiger partial charge < -0.3 is 20.1 Å². The van der Waals surface area contributed by atoms with Gasteiger partial charge in [-0.2, -0.15) is 0 Å². The van der Waals surface area contributed by atoms with E-state index in [1.165, 1.54) is 24.1 Å². The van der Waals surface area contributed by atoms with E-state index in [0.717, 1.165) is 10.5 Å². The van der Waals surface area contributed by atoms with Crippen LogP contribution in [0.4, 0.5) is 4.79 Å². The molecule has 1 atom stereocenters. The molecule has 9 nitrogen and oxygen atoms in total. The highest BCUT2D eigenvalue weighted by Crippen LogP contribution is 2.27. The first-order valence-electron chi connectivity index (χ1n) is 11.6. The summed E-state index contributed by atoms with van der Waals surface area (Å²) < 4.78 is 5.14. The first-order valence-corrected chi connectivity index (χ1v) is 11.6. The Bertz CT molecular complexity index is 1090. The topological polar surface area (TPSA) is 116 Å². The Hall–Kier alpha value is -3.88. The number of carbonyl (C=O) groups is 4. The van der Waals surface area contributed by atoms with Crippen LogP contribution in [0.1, 0.15) is 53.0 Å². The molecule has 2 aromatic rings. The van der Waals surface area contributed by atoms with E-state index >= 15 is 0 Å². The summed E-state index contributed by atoms with van der Waals surface area (Å²) in [4.78, 5) is 53.2. The predicted octanol–water partition coefficient (Wildman–Crippen LogP) is 3.39. The fourth-order valence-electron chi connectivity index (χ4n) is 3.94. The first-order chi connectivity index (χ1) is 16.7. The fourth-order valence-corrected chi connectivity index (χ4v) is 3.94. The molecule has 0 aliphatic carbocycles. The zero-order chi connectivity index (χ0) is 25.5. The minimum Gasteiger partial charge on any atom is -0.497 e. The van der Waals surface area contributed by atoms with Crippen LogP contribution in [-0.4, -0.2) is 65.0 Å². The molecule has 1 aliphatic rings. The maximum Gasteiger partial charge on any atom is 0.326 e.